The van der Waals surface area contributed by atoms with Crippen molar-refractivity contribution in [2.45, 2.75) is 39.0 Å². The number of thioether (sulfide) groups is 1. The maximum atomic E-state index is 12.9. The molecule has 1 aromatic heterocycles. The van der Waals surface area contributed by atoms with Crippen LogP contribution < -0.4 is 14.8 Å². The third-order valence-corrected chi connectivity index (χ3v) is 8.45. The average molecular weight is 582 g/mol. The highest BCUT2D eigenvalue weighted by molar-refractivity contribution is 8.26. The van der Waals surface area contributed by atoms with Crippen molar-refractivity contribution in [3.05, 3.63) is 75.1 Å². The van der Waals surface area contributed by atoms with Crippen molar-refractivity contribution in [3.8, 4) is 11.5 Å². The molecule has 1 aliphatic heterocycles. The van der Waals surface area contributed by atoms with Gasteiger partial charge in [0, 0.05) is 30.5 Å². The summed E-state index contributed by atoms with van der Waals surface area (Å²) in [6.45, 7) is 2.60. The standard InChI is InChI=1S/C29H31N3O4S3/c1-19-8-10-20(11-9-19)15-22-18-30-28(38-22)31-26(33)7-5-4-6-14-32-27(34)25(39-29(32)37)17-21-12-13-23(35-2)24(16-21)36-3/h8-13,16-18H,4-7,14-15H2,1-3H3,(H,30,31,33). The minimum atomic E-state index is -0.0947. The van der Waals surface area contributed by atoms with Gasteiger partial charge >= 0.3 is 0 Å². The van der Waals surface area contributed by atoms with Gasteiger partial charge in [-0.15, -0.1) is 11.3 Å². The molecule has 4 rings (SSSR count). The molecule has 0 saturated carbocycles. The first-order chi connectivity index (χ1) is 18.9. The van der Waals surface area contributed by atoms with E-state index in [1.54, 1.807) is 25.2 Å². The van der Waals surface area contributed by atoms with Crippen molar-refractivity contribution < 1.29 is 19.1 Å². The predicted molar refractivity (Wildman–Crippen MR) is 163 cm³/mol. The number of carbonyl (C=O) groups excluding carboxylic acids is 2. The lowest BCUT2D eigenvalue weighted by Crippen LogP contribution is -2.29. The first-order valence-electron chi connectivity index (χ1n) is 12.6. The maximum Gasteiger partial charge on any atom is 0.266 e. The number of nitrogens with zero attached hydrogens (tertiary/aromatic N) is 2. The summed E-state index contributed by atoms with van der Waals surface area (Å²) in [4.78, 5) is 33.0. The molecule has 1 saturated heterocycles. The van der Waals surface area contributed by atoms with Crippen LogP contribution in [-0.4, -0.2) is 46.8 Å². The van der Waals surface area contributed by atoms with E-state index in [0.29, 0.717) is 38.8 Å². The molecule has 7 nitrogen and oxygen atoms in total. The third kappa shape index (κ3) is 7.90. The summed E-state index contributed by atoms with van der Waals surface area (Å²) in [5.41, 5.74) is 3.29. The Kier molecular flexibility index (Phi) is 10.1. The zero-order chi connectivity index (χ0) is 27.8. The van der Waals surface area contributed by atoms with E-state index in [2.05, 4.69) is 41.5 Å². The molecule has 0 aliphatic carbocycles. The zero-order valence-electron chi connectivity index (χ0n) is 22.2. The van der Waals surface area contributed by atoms with Crippen molar-refractivity contribution in [1.29, 1.82) is 0 Å². The van der Waals surface area contributed by atoms with E-state index in [-0.39, 0.29) is 11.8 Å². The Morgan fingerprint density at radius 3 is 2.59 bits per heavy atom. The monoisotopic (exact) mass is 581 g/mol. The number of aromatic nitrogens is 1. The van der Waals surface area contributed by atoms with Crippen molar-refractivity contribution in [3.63, 3.8) is 0 Å². The molecular formula is C29H31N3O4S3. The molecule has 2 heterocycles. The molecule has 10 heteroatoms. The maximum absolute atomic E-state index is 12.9. The summed E-state index contributed by atoms with van der Waals surface area (Å²) in [6.07, 6.45) is 7.15. The highest BCUT2D eigenvalue weighted by atomic mass is 32.2. The fourth-order valence-corrected chi connectivity index (χ4v) is 6.23. The molecule has 3 aromatic rings. The third-order valence-electron chi connectivity index (χ3n) is 6.16. The number of methoxy groups -OCH3 is 2. The summed E-state index contributed by atoms with van der Waals surface area (Å²) in [7, 11) is 3.16. The summed E-state index contributed by atoms with van der Waals surface area (Å²) < 4.78 is 11.2. The van der Waals surface area contributed by atoms with Crippen molar-refractivity contribution in [2.24, 2.45) is 0 Å². The molecule has 0 radical (unpaired) electrons. The Morgan fingerprint density at radius 1 is 1.08 bits per heavy atom. The van der Waals surface area contributed by atoms with Crippen LogP contribution in [0.3, 0.4) is 0 Å². The van der Waals surface area contributed by atoms with Crippen LogP contribution in [0.5, 0.6) is 11.5 Å². The van der Waals surface area contributed by atoms with Crippen LogP contribution in [0.2, 0.25) is 0 Å². The van der Waals surface area contributed by atoms with Gasteiger partial charge in [-0.3, -0.25) is 14.5 Å². The molecular weight excluding hydrogens is 551 g/mol. The Hall–Kier alpha value is -3.21. The van der Waals surface area contributed by atoms with Gasteiger partial charge < -0.3 is 14.8 Å². The number of thiazole rings is 1. The number of benzene rings is 2. The van der Waals surface area contributed by atoms with Gasteiger partial charge in [0.05, 0.1) is 19.1 Å². The first-order valence-corrected chi connectivity index (χ1v) is 14.7. The number of anilines is 1. The normalized spacial score (nSPS) is 14.2. The van der Waals surface area contributed by atoms with Crippen LogP contribution in [0.1, 0.15) is 47.3 Å². The lowest BCUT2D eigenvalue weighted by molar-refractivity contribution is -0.122. The van der Waals surface area contributed by atoms with Crippen LogP contribution in [-0.2, 0) is 16.0 Å². The Labute approximate surface area is 242 Å². The number of amides is 2. The molecule has 1 aliphatic rings. The fourth-order valence-electron chi connectivity index (χ4n) is 4.05. The van der Waals surface area contributed by atoms with Crippen LogP contribution >= 0.6 is 35.3 Å². The number of ether oxygens (including phenoxy) is 2. The predicted octanol–water partition coefficient (Wildman–Crippen LogP) is 6.46. The van der Waals surface area contributed by atoms with Gasteiger partial charge in [-0.25, -0.2) is 4.98 Å². The Bertz CT molecular complexity index is 1370. The molecule has 39 heavy (non-hydrogen) atoms. The highest BCUT2D eigenvalue weighted by Crippen LogP contribution is 2.35. The molecule has 204 valence electrons. The van der Waals surface area contributed by atoms with Gasteiger partial charge in [-0.05, 0) is 49.1 Å². The average Bonchev–Trinajstić information content (AvgIpc) is 3.47. The summed E-state index contributed by atoms with van der Waals surface area (Å²) in [6, 6.07) is 13.9. The number of thiocarbonyl (C=S) groups is 1. The van der Waals surface area contributed by atoms with Crippen LogP contribution in [0.4, 0.5) is 5.13 Å². The summed E-state index contributed by atoms with van der Waals surface area (Å²) in [5, 5.41) is 3.53. The first kappa shape index (κ1) is 28.8. The number of unbranched alkanes of at least 4 members (excludes halogenated alkanes) is 2. The van der Waals surface area contributed by atoms with Gasteiger partial charge in [0.25, 0.3) is 5.91 Å². The van der Waals surface area contributed by atoms with Gasteiger partial charge in [-0.2, -0.15) is 0 Å². The zero-order valence-corrected chi connectivity index (χ0v) is 24.6. The largest absolute Gasteiger partial charge is 0.493 e. The number of rotatable bonds is 12. The van der Waals surface area contributed by atoms with Crippen molar-refractivity contribution in [1.82, 2.24) is 9.88 Å². The van der Waals surface area contributed by atoms with E-state index < -0.39 is 0 Å². The number of carbonyl (C=O) groups is 2. The minimum absolute atomic E-state index is 0.0466. The molecule has 0 bridgehead atoms. The summed E-state index contributed by atoms with van der Waals surface area (Å²) in [5.74, 6) is 1.09. The molecule has 1 N–H and O–H groups in total. The van der Waals surface area contributed by atoms with Gasteiger partial charge in [0.1, 0.15) is 4.32 Å². The SMILES string of the molecule is COc1ccc(C=C2SC(=S)N(CCCCCC(=O)Nc3ncc(Cc4ccc(C)cc4)s3)C2=O)cc1OC. The Balaban J connectivity index is 1.19. The van der Waals surface area contributed by atoms with Gasteiger partial charge in [0.2, 0.25) is 5.91 Å². The topological polar surface area (TPSA) is 80.8 Å². The van der Waals surface area contributed by atoms with Crippen LogP contribution in [0.15, 0.2) is 53.6 Å². The second-order valence-corrected chi connectivity index (χ2v) is 11.9. The molecule has 0 unspecified atom stereocenters. The number of nitrogens with one attached hydrogen (secondary N) is 1. The van der Waals surface area contributed by atoms with Crippen molar-refractivity contribution in [2.75, 3.05) is 26.1 Å². The van der Waals surface area contributed by atoms with E-state index in [0.717, 1.165) is 36.1 Å². The lowest BCUT2D eigenvalue weighted by atomic mass is 10.1. The molecule has 0 spiro atoms. The fraction of sp³-hybridized carbons (Fsp3) is 0.310. The van der Waals surface area contributed by atoms with E-state index in [4.69, 9.17) is 21.7 Å². The quantitative estimate of drug-likeness (QED) is 0.149. The smallest absolute Gasteiger partial charge is 0.266 e. The lowest BCUT2D eigenvalue weighted by Gasteiger charge is -2.14. The highest BCUT2D eigenvalue weighted by Gasteiger charge is 2.31. The Morgan fingerprint density at radius 2 is 1.85 bits per heavy atom. The van der Waals surface area contributed by atoms with Crippen LogP contribution in [0, 0.1) is 6.92 Å². The van der Waals surface area contributed by atoms with Gasteiger partial charge in [0.15, 0.2) is 16.6 Å². The number of hydrogen-bond donors (Lipinski definition) is 1. The van der Waals surface area contributed by atoms with E-state index in [1.165, 1.54) is 34.2 Å². The number of hydrogen-bond acceptors (Lipinski definition) is 8. The molecule has 0 atom stereocenters. The van der Waals surface area contributed by atoms with Crippen molar-refractivity contribution >= 4 is 62.7 Å². The van der Waals surface area contributed by atoms with E-state index in [1.807, 2.05) is 24.4 Å². The van der Waals surface area contributed by atoms with Crippen LogP contribution in [0.25, 0.3) is 6.08 Å². The second kappa shape index (κ2) is 13.7. The molecule has 2 aromatic carbocycles. The molecule has 1 fully saturated rings. The van der Waals surface area contributed by atoms with E-state index in [9.17, 15) is 9.59 Å². The van der Waals surface area contributed by atoms with E-state index >= 15 is 0 Å². The minimum Gasteiger partial charge on any atom is -0.493 e. The number of aryl methyl sites for hydroxylation is 1. The van der Waals surface area contributed by atoms with Gasteiger partial charge in [-0.1, -0.05) is 66.3 Å². The molecule has 2 amide bonds. The second-order valence-electron chi connectivity index (χ2n) is 9.10. The summed E-state index contributed by atoms with van der Waals surface area (Å²) >= 11 is 8.26.